The molecule has 0 bridgehead atoms. The molecule has 0 rings (SSSR count). The van der Waals surface area contributed by atoms with E-state index < -0.39 is 11.9 Å². The van der Waals surface area contributed by atoms with Gasteiger partial charge < -0.3 is 14.2 Å². The second-order valence-corrected chi connectivity index (χ2v) is 7.11. The Labute approximate surface area is 166 Å². The molecule has 0 aromatic carbocycles. The molecule has 160 valence electrons. The number of hydrogen-bond donors (Lipinski definition) is 0. The summed E-state index contributed by atoms with van der Waals surface area (Å²) in [6, 6.07) is 0. The van der Waals surface area contributed by atoms with Crippen molar-refractivity contribution in [3.63, 3.8) is 0 Å². The molecule has 0 radical (unpaired) electrons. The highest BCUT2D eigenvalue weighted by molar-refractivity contribution is 5.73. The lowest BCUT2D eigenvalue weighted by Crippen LogP contribution is -2.18. The van der Waals surface area contributed by atoms with Crippen molar-refractivity contribution >= 4 is 11.9 Å². The van der Waals surface area contributed by atoms with E-state index in [1.54, 1.807) is 6.92 Å². The topological polar surface area (TPSA) is 61.8 Å². The van der Waals surface area contributed by atoms with Crippen molar-refractivity contribution in [1.29, 1.82) is 0 Å². The fraction of sp³-hybridized carbons (Fsp3) is 0.909. The first kappa shape index (κ1) is 25.9. The van der Waals surface area contributed by atoms with Gasteiger partial charge in [0.25, 0.3) is 0 Å². The molecule has 0 aliphatic heterocycles. The number of carbonyl (C=O) groups excluding carboxylic acids is 2. The van der Waals surface area contributed by atoms with Gasteiger partial charge in [0.05, 0.1) is 13.2 Å². The molecule has 0 heterocycles. The molecule has 0 aromatic heterocycles. The maximum Gasteiger partial charge on any atom is 0.332 e. The first-order valence-corrected chi connectivity index (χ1v) is 11.1. The van der Waals surface area contributed by atoms with Crippen LogP contribution in [0.2, 0.25) is 0 Å². The third-order valence-corrected chi connectivity index (χ3v) is 4.51. The first-order valence-electron chi connectivity index (χ1n) is 11.1. The van der Waals surface area contributed by atoms with Gasteiger partial charge in [-0.05, 0) is 13.3 Å². The van der Waals surface area contributed by atoms with Crippen molar-refractivity contribution in [3.8, 4) is 0 Å². The molecule has 0 aliphatic carbocycles. The molecule has 0 amide bonds. The predicted molar refractivity (Wildman–Crippen MR) is 109 cm³/mol. The van der Waals surface area contributed by atoms with Gasteiger partial charge in [0, 0.05) is 0 Å². The minimum Gasteiger partial charge on any atom is -0.464 e. The Morgan fingerprint density at radius 3 is 1.41 bits per heavy atom. The second-order valence-electron chi connectivity index (χ2n) is 7.11. The normalized spacial score (nSPS) is 10.7. The van der Waals surface area contributed by atoms with Gasteiger partial charge in [-0.25, -0.2) is 9.59 Å². The van der Waals surface area contributed by atoms with Crippen LogP contribution >= 0.6 is 0 Å². The van der Waals surface area contributed by atoms with Crippen molar-refractivity contribution in [2.45, 2.75) is 104 Å². The quantitative estimate of drug-likeness (QED) is 0.202. The summed E-state index contributed by atoms with van der Waals surface area (Å²) in [6.45, 7) is 4.32. The molecule has 0 unspecified atom stereocenters. The van der Waals surface area contributed by atoms with Crippen LogP contribution in [0.3, 0.4) is 0 Å². The van der Waals surface area contributed by atoms with Gasteiger partial charge in [-0.15, -0.1) is 0 Å². The molecular weight excluding hydrogens is 344 g/mol. The van der Waals surface area contributed by atoms with Crippen LogP contribution < -0.4 is 0 Å². The zero-order valence-electron chi connectivity index (χ0n) is 17.8. The highest BCUT2D eigenvalue weighted by atomic mass is 16.6. The maximum atomic E-state index is 11.4. The van der Waals surface area contributed by atoms with Gasteiger partial charge in [-0.1, -0.05) is 90.4 Å². The van der Waals surface area contributed by atoms with Crippen LogP contribution in [0.5, 0.6) is 0 Å². The van der Waals surface area contributed by atoms with Crippen molar-refractivity contribution < 1.29 is 23.8 Å². The van der Waals surface area contributed by atoms with Crippen LogP contribution in [0, 0.1) is 0 Å². The molecule has 0 spiro atoms. The van der Waals surface area contributed by atoms with Crippen LogP contribution in [0.1, 0.15) is 104 Å². The standard InChI is InChI=1S/C22H42O5/c1-3-5-6-7-8-9-10-11-12-13-14-15-16-17-18-27-22(24)20-25-19-21(23)26-4-2/h3-20H2,1-2H3. The summed E-state index contributed by atoms with van der Waals surface area (Å²) in [4.78, 5) is 22.4. The minimum atomic E-state index is -0.461. The van der Waals surface area contributed by atoms with E-state index in [4.69, 9.17) is 14.2 Å². The third kappa shape index (κ3) is 21.1. The Kier molecular flexibility index (Phi) is 20.3. The van der Waals surface area contributed by atoms with Crippen LogP contribution in [-0.2, 0) is 23.8 Å². The second kappa shape index (κ2) is 21.2. The van der Waals surface area contributed by atoms with Crippen molar-refractivity contribution in [2.24, 2.45) is 0 Å². The Morgan fingerprint density at radius 2 is 0.963 bits per heavy atom. The Bertz CT molecular complexity index is 344. The van der Waals surface area contributed by atoms with E-state index in [1.807, 2.05) is 0 Å². The zero-order chi connectivity index (χ0) is 20.0. The lowest BCUT2D eigenvalue weighted by atomic mass is 10.0. The van der Waals surface area contributed by atoms with Crippen molar-refractivity contribution in [2.75, 3.05) is 26.4 Å². The average Bonchev–Trinajstić information content (AvgIpc) is 2.65. The van der Waals surface area contributed by atoms with Gasteiger partial charge in [0.2, 0.25) is 0 Å². The van der Waals surface area contributed by atoms with E-state index in [0.717, 1.165) is 12.8 Å². The fourth-order valence-electron chi connectivity index (χ4n) is 2.94. The summed E-state index contributed by atoms with van der Waals surface area (Å²) in [6.07, 6.45) is 18.2. The number of carbonyl (C=O) groups is 2. The Balaban J connectivity index is 3.18. The van der Waals surface area contributed by atoms with Crippen LogP contribution in [0.4, 0.5) is 0 Å². The van der Waals surface area contributed by atoms with Gasteiger partial charge in [0.1, 0.15) is 13.2 Å². The summed E-state index contributed by atoms with van der Waals surface area (Å²) >= 11 is 0. The lowest BCUT2D eigenvalue weighted by molar-refractivity contribution is -0.155. The van der Waals surface area contributed by atoms with Crippen molar-refractivity contribution in [1.82, 2.24) is 0 Å². The number of hydrogen-bond acceptors (Lipinski definition) is 5. The number of rotatable bonds is 20. The van der Waals surface area contributed by atoms with E-state index >= 15 is 0 Å². The SMILES string of the molecule is CCCCCCCCCCCCCCCCOC(=O)COCC(=O)OCC. The summed E-state index contributed by atoms with van der Waals surface area (Å²) in [5.41, 5.74) is 0. The molecular formula is C22H42O5. The van der Waals surface area contributed by atoms with Crippen LogP contribution in [0.25, 0.3) is 0 Å². The van der Waals surface area contributed by atoms with Gasteiger partial charge >= 0.3 is 11.9 Å². The Morgan fingerprint density at radius 1 is 0.556 bits per heavy atom. The van der Waals surface area contributed by atoms with Crippen LogP contribution in [0.15, 0.2) is 0 Å². The summed E-state index contributed by atoms with van der Waals surface area (Å²) < 4.78 is 14.7. The Hall–Kier alpha value is -1.10. The smallest absolute Gasteiger partial charge is 0.332 e. The molecule has 0 atom stereocenters. The van der Waals surface area contributed by atoms with Gasteiger partial charge in [0.15, 0.2) is 0 Å². The zero-order valence-corrected chi connectivity index (χ0v) is 17.8. The highest BCUT2D eigenvalue weighted by Crippen LogP contribution is 2.12. The van der Waals surface area contributed by atoms with E-state index in [9.17, 15) is 9.59 Å². The molecule has 0 aliphatic rings. The molecule has 0 aromatic rings. The molecule has 27 heavy (non-hydrogen) atoms. The molecule has 0 fully saturated rings. The van der Waals surface area contributed by atoms with Crippen LogP contribution in [-0.4, -0.2) is 38.4 Å². The summed E-state index contributed by atoms with van der Waals surface area (Å²) in [7, 11) is 0. The average molecular weight is 387 g/mol. The van der Waals surface area contributed by atoms with E-state index in [1.165, 1.54) is 77.0 Å². The number of ether oxygens (including phenoxy) is 3. The molecule has 5 nitrogen and oxygen atoms in total. The van der Waals surface area contributed by atoms with Crippen molar-refractivity contribution in [3.05, 3.63) is 0 Å². The molecule has 0 saturated heterocycles. The maximum absolute atomic E-state index is 11.4. The first-order chi connectivity index (χ1) is 13.2. The molecule has 0 saturated carbocycles. The summed E-state index contributed by atoms with van der Waals surface area (Å²) in [5, 5.41) is 0. The predicted octanol–water partition coefficient (Wildman–Crippen LogP) is 5.59. The van der Waals surface area contributed by atoms with E-state index in [-0.39, 0.29) is 13.2 Å². The van der Waals surface area contributed by atoms with E-state index in [2.05, 4.69) is 6.92 Å². The number of esters is 2. The summed E-state index contributed by atoms with van der Waals surface area (Å²) in [5.74, 6) is -0.883. The monoisotopic (exact) mass is 386 g/mol. The third-order valence-electron chi connectivity index (χ3n) is 4.51. The lowest BCUT2D eigenvalue weighted by Gasteiger charge is -2.06. The highest BCUT2D eigenvalue weighted by Gasteiger charge is 2.06. The molecule has 5 heteroatoms. The largest absolute Gasteiger partial charge is 0.464 e. The number of unbranched alkanes of at least 4 members (excludes halogenated alkanes) is 13. The minimum absolute atomic E-state index is 0.197. The van der Waals surface area contributed by atoms with E-state index in [0.29, 0.717) is 13.2 Å². The fourth-order valence-corrected chi connectivity index (χ4v) is 2.94. The van der Waals surface area contributed by atoms with Gasteiger partial charge in [-0.2, -0.15) is 0 Å². The molecule has 0 N–H and O–H groups in total. The van der Waals surface area contributed by atoms with Gasteiger partial charge in [-0.3, -0.25) is 0 Å².